The van der Waals surface area contributed by atoms with E-state index in [9.17, 15) is 24.3 Å². The summed E-state index contributed by atoms with van der Waals surface area (Å²) < 4.78 is 0. The first-order valence-corrected chi connectivity index (χ1v) is 15.4. The van der Waals surface area contributed by atoms with E-state index in [-0.39, 0.29) is 25.0 Å². The van der Waals surface area contributed by atoms with Crippen LogP contribution in [0, 0.1) is 0 Å². The molecule has 1 saturated heterocycles. The van der Waals surface area contributed by atoms with E-state index < -0.39 is 52.7 Å². The fourth-order valence-electron chi connectivity index (χ4n) is 5.24. The molecule has 0 aliphatic carbocycles. The number of hydrogen-bond donors (Lipinski definition) is 5. The molecule has 0 spiro atoms. The molecule has 0 saturated carbocycles. The fourth-order valence-corrected chi connectivity index (χ4v) is 6.46. The lowest BCUT2D eigenvalue weighted by Gasteiger charge is -2.36. The third-order valence-electron chi connectivity index (χ3n) is 7.59. The van der Waals surface area contributed by atoms with Gasteiger partial charge in [0, 0.05) is 18.6 Å². The van der Waals surface area contributed by atoms with Gasteiger partial charge in [-0.1, -0.05) is 72.8 Å². The van der Waals surface area contributed by atoms with Crippen LogP contribution in [0.5, 0.6) is 5.75 Å². The second-order valence-corrected chi connectivity index (χ2v) is 13.0. The van der Waals surface area contributed by atoms with Crippen LogP contribution in [0.3, 0.4) is 0 Å². The Balaban J connectivity index is 1.52. The number of thioether (sulfide) groups is 1. The second kappa shape index (κ2) is 14.4. The van der Waals surface area contributed by atoms with Gasteiger partial charge >= 0.3 is 0 Å². The Morgan fingerprint density at radius 3 is 1.91 bits per heavy atom. The van der Waals surface area contributed by atoms with E-state index in [1.807, 2.05) is 74.5 Å². The third kappa shape index (κ3) is 8.39. The Bertz CT molecular complexity index is 1450. The Hall–Kier alpha value is -4.35. The molecule has 0 aromatic heterocycles. The van der Waals surface area contributed by atoms with Crippen molar-refractivity contribution in [2.24, 2.45) is 11.5 Å². The summed E-state index contributed by atoms with van der Waals surface area (Å²) in [6, 6.07) is 21.0. The Labute approximate surface area is 261 Å². The maximum Gasteiger partial charge on any atom is 0.244 e. The highest BCUT2D eigenvalue weighted by molar-refractivity contribution is 8.00. The van der Waals surface area contributed by atoms with Crippen molar-refractivity contribution in [2.75, 3.05) is 5.75 Å². The number of phenolic OH excluding ortho intramolecular Hbond substituents is 1. The van der Waals surface area contributed by atoms with Crippen LogP contribution >= 0.6 is 11.8 Å². The molecule has 0 unspecified atom stereocenters. The first-order valence-electron chi connectivity index (χ1n) is 14.4. The van der Waals surface area contributed by atoms with E-state index in [4.69, 9.17) is 11.5 Å². The van der Waals surface area contributed by atoms with Crippen LogP contribution in [0.1, 0.15) is 30.5 Å². The lowest BCUT2D eigenvalue weighted by Crippen LogP contribution is -2.60. The molecule has 4 rings (SSSR count). The summed E-state index contributed by atoms with van der Waals surface area (Å²) >= 11 is 1.45. The molecule has 0 radical (unpaired) electrons. The average molecular weight is 618 g/mol. The van der Waals surface area contributed by atoms with Gasteiger partial charge in [-0.25, -0.2) is 0 Å². The van der Waals surface area contributed by atoms with Gasteiger partial charge in [0.1, 0.15) is 23.9 Å². The number of nitrogens with zero attached hydrogens (tertiary/aromatic N) is 1. The SMILES string of the molecule is CC1(C)SC[C@@H](C(=O)N[C@@H](Cc2ccccc2)C(=O)N[C@@H](Cc2ccccc2)C(N)=O)N1C(=O)[C@@H](N)Cc1ccc(O)cc1. The minimum atomic E-state index is -1.04. The molecule has 44 heavy (non-hydrogen) atoms. The predicted octanol–water partition coefficient (Wildman–Crippen LogP) is 1.88. The van der Waals surface area contributed by atoms with Crippen LogP contribution in [-0.2, 0) is 38.4 Å². The van der Waals surface area contributed by atoms with Crippen molar-refractivity contribution >= 4 is 35.4 Å². The van der Waals surface area contributed by atoms with Gasteiger partial charge in [0.25, 0.3) is 0 Å². The van der Waals surface area contributed by atoms with Gasteiger partial charge in [-0.2, -0.15) is 0 Å². The number of carbonyl (C=O) groups is 4. The largest absolute Gasteiger partial charge is 0.508 e. The predicted molar refractivity (Wildman–Crippen MR) is 170 cm³/mol. The number of amides is 4. The Kier molecular flexibility index (Phi) is 10.7. The molecular weight excluding hydrogens is 578 g/mol. The maximum absolute atomic E-state index is 13.8. The normalized spacial score (nSPS) is 17.7. The fraction of sp³-hybridized carbons (Fsp3) is 0.333. The van der Waals surface area contributed by atoms with E-state index in [1.54, 1.807) is 12.1 Å². The van der Waals surface area contributed by atoms with E-state index >= 15 is 0 Å². The lowest BCUT2D eigenvalue weighted by atomic mass is 10.0. The van der Waals surface area contributed by atoms with Gasteiger partial charge in [0.05, 0.1) is 10.9 Å². The van der Waals surface area contributed by atoms with Gasteiger partial charge < -0.3 is 32.1 Å². The molecular formula is C33H39N5O5S. The number of carbonyl (C=O) groups excluding carboxylic acids is 4. The molecule has 4 atom stereocenters. The molecule has 1 aliphatic heterocycles. The molecule has 11 heteroatoms. The van der Waals surface area contributed by atoms with Crippen molar-refractivity contribution in [1.82, 2.24) is 15.5 Å². The second-order valence-electron chi connectivity index (χ2n) is 11.4. The zero-order chi connectivity index (χ0) is 31.9. The van der Waals surface area contributed by atoms with Crippen molar-refractivity contribution in [2.45, 2.75) is 62.1 Å². The quantitative estimate of drug-likeness (QED) is 0.207. The van der Waals surface area contributed by atoms with Crippen LogP contribution in [0.25, 0.3) is 0 Å². The molecule has 1 aliphatic rings. The van der Waals surface area contributed by atoms with E-state index in [0.717, 1.165) is 16.7 Å². The maximum atomic E-state index is 13.8. The zero-order valence-electron chi connectivity index (χ0n) is 24.8. The number of benzene rings is 3. The summed E-state index contributed by atoms with van der Waals surface area (Å²) in [4.78, 5) is 54.2. The summed E-state index contributed by atoms with van der Waals surface area (Å²) in [7, 11) is 0. The number of hydrogen-bond acceptors (Lipinski definition) is 7. The number of rotatable bonds is 12. The summed E-state index contributed by atoms with van der Waals surface area (Å²) in [6.07, 6.45) is 0.578. The molecule has 1 fully saturated rings. The highest BCUT2D eigenvalue weighted by Gasteiger charge is 2.48. The summed E-state index contributed by atoms with van der Waals surface area (Å²) in [6.45, 7) is 3.70. The Morgan fingerprint density at radius 1 is 0.841 bits per heavy atom. The van der Waals surface area contributed by atoms with Gasteiger partial charge in [-0.05, 0) is 49.1 Å². The van der Waals surface area contributed by atoms with Crippen LogP contribution in [0.15, 0.2) is 84.9 Å². The van der Waals surface area contributed by atoms with Gasteiger partial charge in [-0.3, -0.25) is 19.2 Å². The van der Waals surface area contributed by atoms with Gasteiger partial charge in [0.2, 0.25) is 23.6 Å². The van der Waals surface area contributed by atoms with Crippen LogP contribution in [0.4, 0.5) is 0 Å². The molecule has 0 bridgehead atoms. The highest BCUT2D eigenvalue weighted by Crippen LogP contribution is 2.39. The van der Waals surface area contributed by atoms with Crippen LogP contribution < -0.4 is 22.1 Å². The lowest BCUT2D eigenvalue weighted by molar-refractivity contribution is -0.143. The molecule has 3 aromatic rings. The number of primary amides is 1. The van der Waals surface area contributed by atoms with Crippen LogP contribution in [-0.4, -0.2) is 68.4 Å². The molecule has 1 heterocycles. The van der Waals surface area contributed by atoms with E-state index in [2.05, 4.69) is 10.6 Å². The summed E-state index contributed by atoms with van der Waals surface area (Å²) in [5, 5.41) is 15.2. The zero-order valence-corrected chi connectivity index (χ0v) is 25.6. The number of nitrogens with one attached hydrogen (secondary N) is 2. The van der Waals surface area contributed by atoms with Crippen molar-refractivity contribution < 1.29 is 24.3 Å². The first-order chi connectivity index (χ1) is 20.9. The van der Waals surface area contributed by atoms with Crippen molar-refractivity contribution in [3.63, 3.8) is 0 Å². The highest BCUT2D eigenvalue weighted by atomic mass is 32.2. The molecule has 10 nitrogen and oxygen atoms in total. The van der Waals surface area contributed by atoms with Crippen molar-refractivity contribution in [1.29, 1.82) is 0 Å². The van der Waals surface area contributed by atoms with Gasteiger partial charge in [-0.15, -0.1) is 11.8 Å². The van der Waals surface area contributed by atoms with E-state index in [0.29, 0.717) is 5.75 Å². The van der Waals surface area contributed by atoms with Gasteiger partial charge in [0.15, 0.2) is 0 Å². The summed E-state index contributed by atoms with van der Waals surface area (Å²) in [5.74, 6) is -1.72. The summed E-state index contributed by atoms with van der Waals surface area (Å²) in [5.41, 5.74) is 14.4. The van der Waals surface area contributed by atoms with Crippen molar-refractivity contribution in [3.8, 4) is 5.75 Å². The monoisotopic (exact) mass is 617 g/mol. The number of aromatic hydroxyl groups is 1. The standard InChI is InChI=1S/C33H39N5O5S/c1-33(2)38(32(43)25(34)17-23-13-15-24(39)16-14-23)28(20-44-33)31(42)37-27(19-22-11-7-4-8-12-22)30(41)36-26(29(35)40)18-21-9-5-3-6-10-21/h3-16,25-28,39H,17-20,34H2,1-2H3,(H2,35,40)(H,36,41)(H,37,42)/t25-,26-,27-,28-/m0/s1. The third-order valence-corrected chi connectivity index (χ3v) is 8.98. The molecule has 232 valence electrons. The Morgan fingerprint density at radius 2 is 1.36 bits per heavy atom. The smallest absolute Gasteiger partial charge is 0.244 e. The van der Waals surface area contributed by atoms with Crippen molar-refractivity contribution in [3.05, 3.63) is 102 Å². The molecule has 7 N–H and O–H groups in total. The van der Waals surface area contributed by atoms with E-state index in [1.165, 1.54) is 28.8 Å². The first kappa shape index (κ1) is 32.6. The number of phenols is 1. The minimum absolute atomic E-state index is 0.110. The average Bonchev–Trinajstić information content (AvgIpc) is 3.32. The molecule has 4 amide bonds. The number of nitrogens with two attached hydrogens (primary N) is 2. The minimum Gasteiger partial charge on any atom is -0.508 e. The van der Waals surface area contributed by atoms with Crippen LogP contribution in [0.2, 0.25) is 0 Å². The topological polar surface area (TPSA) is 168 Å². The molecule has 3 aromatic carbocycles.